The van der Waals surface area contributed by atoms with Crippen LogP contribution >= 0.6 is 15.9 Å². The number of hydrogen-bond acceptors (Lipinski definition) is 6. The molecule has 1 heterocycles. The molecule has 1 aromatic carbocycles. The summed E-state index contributed by atoms with van der Waals surface area (Å²) < 4.78 is 26.6. The quantitative estimate of drug-likeness (QED) is 0.612. The van der Waals surface area contributed by atoms with Crippen LogP contribution in [0.3, 0.4) is 0 Å². The Kier molecular flexibility index (Phi) is 4.82. The zero-order valence-electron chi connectivity index (χ0n) is 11.0. The van der Waals surface area contributed by atoms with Crippen LogP contribution in [-0.2, 0) is 9.47 Å². The molecule has 0 aromatic heterocycles. The second-order valence-corrected chi connectivity index (χ2v) is 5.66. The SMILES string of the molecule is COc1ccc(C(=O)OC2OC(CO)C(O)C2(F)Br)cc1. The van der Waals surface area contributed by atoms with Gasteiger partial charge < -0.3 is 24.4 Å². The number of carbonyl (C=O) groups excluding carboxylic acids is 1. The standard InChI is InChI=1S/C13H14BrFO6/c1-19-8-4-2-7(3-5-8)11(18)21-12-13(14,15)10(17)9(6-16)20-12/h2-5,9-10,12,16-17H,6H2,1H3. The van der Waals surface area contributed by atoms with Gasteiger partial charge in [-0.25, -0.2) is 9.18 Å². The summed E-state index contributed by atoms with van der Waals surface area (Å²) in [6.07, 6.45) is -4.50. The number of aliphatic hydroxyl groups is 2. The Morgan fingerprint density at radius 2 is 2.10 bits per heavy atom. The Balaban J connectivity index is 2.08. The van der Waals surface area contributed by atoms with E-state index >= 15 is 0 Å². The molecule has 0 radical (unpaired) electrons. The molecule has 2 N–H and O–H groups in total. The van der Waals surface area contributed by atoms with Crippen molar-refractivity contribution in [3.05, 3.63) is 29.8 Å². The summed E-state index contributed by atoms with van der Waals surface area (Å²) in [5, 5.41) is 18.6. The number of esters is 1. The number of carbonyl (C=O) groups is 1. The Morgan fingerprint density at radius 3 is 2.57 bits per heavy atom. The summed E-state index contributed by atoms with van der Waals surface area (Å²) in [5.41, 5.74) is 0.171. The highest BCUT2D eigenvalue weighted by Gasteiger charge is 2.58. The van der Waals surface area contributed by atoms with Gasteiger partial charge in [0, 0.05) is 0 Å². The topological polar surface area (TPSA) is 85.2 Å². The average Bonchev–Trinajstić information content (AvgIpc) is 2.70. The van der Waals surface area contributed by atoms with Crippen molar-refractivity contribution < 1.29 is 33.6 Å². The van der Waals surface area contributed by atoms with E-state index in [-0.39, 0.29) is 5.56 Å². The van der Waals surface area contributed by atoms with Gasteiger partial charge >= 0.3 is 5.97 Å². The van der Waals surface area contributed by atoms with E-state index in [1.807, 2.05) is 0 Å². The first kappa shape index (κ1) is 16.2. The molecule has 0 aliphatic carbocycles. The van der Waals surface area contributed by atoms with E-state index in [4.69, 9.17) is 19.3 Å². The largest absolute Gasteiger partial charge is 0.497 e. The average molecular weight is 365 g/mol. The fraction of sp³-hybridized carbons (Fsp3) is 0.462. The van der Waals surface area contributed by atoms with Crippen molar-refractivity contribution in [2.75, 3.05) is 13.7 Å². The zero-order chi connectivity index (χ0) is 15.6. The van der Waals surface area contributed by atoms with Crippen LogP contribution in [0.25, 0.3) is 0 Å². The monoisotopic (exact) mass is 364 g/mol. The van der Waals surface area contributed by atoms with E-state index in [2.05, 4.69) is 15.9 Å². The highest BCUT2D eigenvalue weighted by atomic mass is 79.9. The van der Waals surface area contributed by atoms with Gasteiger partial charge in [-0.05, 0) is 40.2 Å². The lowest BCUT2D eigenvalue weighted by molar-refractivity contribution is -0.132. The van der Waals surface area contributed by atoms with Crippen LogP contribution in [0, 0.1) is 0 Å². The first-order chi connectivity index (χ1) is 9.90. The minimum Gasteiger partial charge on any atom is -0.497 e. The first-order valence-corrected chi connectivity index (χ1v) is 6.86. The van der Waals surface area contributed by atoms with Crippen molar-refractivity contribution in [1.82, 2.24) is 0 Å². The molecule has 1 aromatic rings. The molecule has 2 rings (SSSR count). The Morgan fingerprint density at radius 1 is 1.48 bits per heavy atom. The smallest absolute Gasteiger partial charge is 0.340 e. The van der Waals surface area contributed by atoms with Crippen molar-refractivity contribution in [2.24, 2.45) is 0 Å². The maximum Gasteiger partial charge on any atom is 0.340 e. The molecule has 0 saturated carbocycles. The third kappa shape index (κ3) is 3.18. The normalized spacial score (nSPS) is 32.0. The number of aliphatic hydroxyl groups excluding tert-OH is 2. The van der Waals surface area contributed by atoms with E-state index in [0.717, 1.165) is 0 Å². The van der Waals surface area contributed by atoms with E-state index < -0.39 is 35.7 Å². The van der Waals surface area contributed by atoms with Gasteiger partial charge in [-0.3, -0.25) is 0 Å². The summed E-state index contributed by atoms with van der Waals surface area (Å²) in [6, 6.07) is 6.00. The zero-order valence-corrected chi connectivity index (χ0v) is 12.6. The van der Waals surface area contributed by atoms with Crippen molar-refractivity contribution in [3.8, 4) is 5.75 Å². The Hall–Kier alpha value is -1.22. The fourth-order valence-corrected chi connectivity index (χ4v) is 2.35. The van der Waals surface area contributed by atoms with Gasteiger partial charge in [-0.2, -0.15) is 0 Å². The molecule has 1 aliphatic rings. The summed E-state index contributed by atoms with van der Waals surface area (Å²) in [7, 11) is 1.48. The molecular formula is C13H14BrFO6. The minimum absolute atomic E-state index is 0.171. The fourth-order valence-electron chi connectivity index (χ4n) is 1.85. The second kappa shape index (κ2) is 6.27. The van der Waals surface area contributed by atoms with Gasteiger partial charge in [0.25, 0.3) is 10.9 Å². The summed E-state index contributed by atoms with van der Waals surface area (Å²) >= 11 is 2.63. The number of benzene rings is 1. The van der Waals surface area contributed by atoms with Gasteiger partial charge in [0.2, 0.25) is 0 Å². The van der Waals surface area contributed by atoms with Gasteiger partial charge in [0.05, 0.1) is 19.3 Å². The number of hydrogen-bond donors (Lipinski definition) is 2. The lowest BCUT2D eigenvalue weighted by Crippen LogP contribution is -2.40. The van der Waals surface area contributed by atoms with Crippen LogP contribution in [0.2, 0.25) is 0 Å². The van der Waals surface area contributed by atoms with E-state index in [1.54, 1.807) is 12.1 Å². The molecule has 21 heavy (non-hydrogen) atoms. The predicted molar refractivity (Wildman–Crippen MR) is 72.9 cm³/mol. The summed E-state index contributed by atoms with van der Waals surface area (Å²) in [4.78, 5) is 11.9. The van der Waals surface area contributed by atoms with Crippen molar-refractivity contribution >= 4 is 21.9 Å². The summed E-state index contributed by atoms with van der Waals surface area (Å²) in [6.45, 7) is -0.602. The lowest BCUT2D eigenvalue weighted by Gasteiger charge is -2.21. The molecule has 116 valence electrons. The number of methoxy groups -OCH3 is 1. The summed E-state index contributed by atoms with van der Waals surface area (Å²) in [5.74, 6) is -0.269. The van der Waals surface area contributed by atoms with E-state index in [1.165, 1.54) is 19.2 Å². The third-order valence-electron chi connectivity index (χ3n) is 3.08. The van der Waals surface area contributed by atoms with Crippen molar-refractivity contribution in [3.63, 3.8) is 0 Å². The lowest BCUT2D eigenvalue weighted by atomic mass is 10.1. The predicted octanol–water partition coefficient (Wildman–Crippen LogP) is 0.991. The third-order valence-corrected chi connectivity index (χ3v) is 3.92. The maximum atomic E-state index is 14.2. The molecule has 8 heteroatoms. The molecule has 0 bridgehead atoms. The van der Waals surface area contributed by atoms with Gasteiger partial charge in [-0.15, -0.1) is 0 Å². The van der Waals surface area contributed by atoms with Crippen LogP contribution in [0.5, 0.6) is 5.75 Å². The molecule has 4 atom stereocenters. The van der Waals surface area contributed by atoms with Crippen LogP contribution in [0.1, 0.15) is 10.4 Å². The number of rotatable bonds is 4. The first-order valence-electron chi connectivity index (χ1n) is 6.07. The minimum atomic E-state index is -2.48. The van der Waals surface area contributed by atoms with Crippen LogP contribution < -0.4 is 4.74 Å². The number of halogens is 2. The molecule has 1 aliphatic heterocycles. The van der Waals surface area contributed by atoms with E-state index in [0.29, 0.717) is 5.75 Å². The molecule has 4 unspecified atom stereocenters. The van der Waals surface area contributed by atoms with Gasteiger partial charge in [0.15, 0.2) is 0 Å². The van der Waals surface area contributed by atoms with Gasteiger partial charge in [0.1, 0.15) is 18.0 Å². The maximum absolute atomic E-state index is 14.2. The highest BCUT2D eigenvalue weighted by Crippen LogP contribution is 2.40. The van der Waals surface area contributed by atoms with Crippen LogP contribution in [0.15, 0.2) is 24.3 Å². The molecule has 6 nitrogen and oxygen atoms in total. The molecule has 0 spiro atoms. The molecule has 1 saturated heterocycles. The second-order valence-electron chi connectivity index (χ2n) is 4.44. The number of alkyl halides is 2. The van der Waals surface area contributed by atoms with Crippen LogP contribution in [-0.4, -0.2) is 53.0 Å². The highest BCUT2D eigenvalue weighted by molar-refractivity contribution is 9.10. The molecule has 0 amide bonds. The van der Waals surface area contributed by atoms with E-state index in [9.17, 15) is 14.3 Å². The molecular weight excluding hydrogens is 351 g/mol. The Labute approximate surface area is 128 Å². The number of ether oxygens (including phenoxy) is 3. The van der Waals surface area contributed by atoms with Crippen molar-refractivity contribution in [2.45, 2.75) is 23.1 Å². The Bertz CT molecular complexity index is 506. The van der Waals surface area contributed by atoms with Crippen molar-refractivity contribution in [1.29, 1.82) is 0 Å². The van der Waals surface area contributed by atoms with Gasteiger partial charge in [-0.1, -0.05) is 0 Å². The molecule has 1 fully saturated rings. The van der Waals surface area contributed by atoms with Crippen LogP contribution in [0.4, 0.5) is 4.39 Å².